The molecule has 0 aromatic rings. The van der Waals surface area contributed by atoms with E-state index in [1.165, 1.54) is 19.3 Å². The van der Waals surface area contributed by atoms with E-state index in [2.05, 4.69) is 21.0 Å². The van der Waals surface area contributed by atoms with E-state index in [-0.39, 0.29) is 35.8 Å². The topological polar surface area (TPSA) is 52.6 Å². The summed E-state index contributed by atoms with van der Waals surface area (Å²) in [5, 5.41) is 0. The molecule has 0 unspecified atom stereocenters. The van der Waals surface area contributed by atoms with Gasteiger partial charge >= 0.3 is 11.9 Å². The minimum Gasteiger partial charge on any atom is -0.462 e. The fourth-order valence-corrected chi connectivity index (χ4v) is 4.72. The van der Waals surface area contributed by atoms with Gasteiger partial charge in [0, 0.05) is 5.92 Å². The van der Waals surface area contributed by atoms with Crippen LogP contribution in [0.1, 0.15) is 39.0 Å². The highest BCUT2D eigenvalue weighted by atomic mass is 16.6. The molecule has 2 aliphatic carbocycles. The zero-order valence-corrected chi connectivity index (χ0v) is 14.6. The van der Waals surface area contributed by atoms with Crippen LogP contribution >= 0.6 is 0 Å². The van der Waals surface area contributed by atoms with Crippen LogP contribution in [0.15, 0.2) is 0 Å². The molecule has 3 aliphatic rings. The van der Waals surface area contributed by atoms with E-state index in [1.807, 2.05) is 0 Å². The molecule has 0 radical (unpaired) electrons. The van der Waals surface area contributed by atoms with Crippen molar-refractivity contribution in [1.82, 2.24) is 0 Å². The van der Waals surface area contributed by atoms with Crippen LogP contribution in [-0.2, 0) is 19.1 Å². The molecule has 23 heavy (non-hydrogen) atoms. The van der Waals surface area contributed by atoms with Gasteiger partial charge in [-0.25, -0.2) is 0 Å². The molecule has 0 N–H and O–H groups in total. The van der Waals surface area contributed by atoms with Crippen molar-refractivity contribution >= 4 is 11.9 Å². The normalized spacial score (nSPS) is 34.7. The van der Waals surface area contributed by atoms with Gasteiger partial charge in [0.25, 0.3) is 0 Å². The molecule has 2 saturated carbocycles. The van der Waals surface area contributed by atoms with Crippen molar-refractivity contribution in [2.45, 2.75) is 45.1 Å². The zero-order valence-electron chi connectivity index (χ0n) is 14.6. The summed E-state index contributed by atoms with van der Waals surface area (Å²) < 4.78 is 11.8. The lowest BCUT2D eigenvalue weighted by molar-refractivity contribution is -0.890. The molecule has 5 heteroatoms. The zero-order chi connectivity index (χ0) is 16.6. The lowest BCUT2D eigenvalue weighted by Crippen LogP contribution is -2.44. The van der Waals surface area contributed by atoms with E-state index in [4.69, 9.17) is 9.47 Å². The largest absolute Gasteiger partial charge is 0.462 e. The third kappa shape index (κ3) is 3.25. The highest BCUT2D eigenvalue weighted by Crippen LogP contribution is 2.57. The lowest BCUT2D eigenvalue weighted by atomic mass is 9.80. The quantitative estimate of drug-likeness (QED) is 0.389. The molecule has 0 aromatic heterocycles. The molecule has 3 rings (SSSR count). The number of carbonyl (C=O) groups is 2. The van der Waals surface area contributed by atoms with Gasteiger partial charge in [-0.2, -0.15) is 0 Å². The molecule has 2 bridgehead atoms. The first kappa shape index (κ1) is 16.7. The molecule has 0 spiro atoms. The number of quaternary nitrogens is 1. The third-order valence-corrected chi connectivity index (χ3v) is 6.06. The summed E-state index contributed by atoms with van der Waals surface area (Å²) in [5.41, 5.74) is 0. The molecule has 5 atom stereocenters. The molecular formula is C18H30NO4+. The van der Waals surface area contributed by atoms with Crippen molar-refractivity contribution in [1.29, 1.82) is 0 Å². The maximum atomic E-state index is 12.5. The van der Waals surface area contributed by atoms with Crippen LogP contribution in [0.2, 0.25) is 0 Å². The fraction of sp³-hybridized carbons (Fsp3) is 0.889. The second-order valence-corrected chi connectivity index (χ2v) is 8.18. The van der Waals surface area contributed by atoms with E-state index >= 15 is 0 Å². The van der Waals surface area contributed by atoms with Crippen LogP contribution < -0.4 is 0 Å². The van der Waals surface area contributed by atoms with Crippen LogP contribution in [0.4, 0.5) is 0 Å². The Bertz CT molecular complexity index is 474. The minimum absolute atomic E-state index is 0.0794. The Kier molecular flexibility index (Phi) is 4.68. The van der Waals surface area contributed by atoms with Crippen molar-refractivity contribution in [3.8, 4) is 0 Å². The average molecular weight is 324 g/mol. The molecule has 130 valence electrons. The molecule has 1 saturated heterocycles. The van der Waals surface area contributed by atoms with E-state index in [9.17, 15) is 9.59 Å². The maximum Gasteiger partial charge on any atom is 0.310 e. The number of unbranched alkanes of at least 4 members (excludes halogenated alkanes) is 2. The van der Waals surface area contributed by atoms with E-state index in [0.717, 1.165) is 30.4 Å². The number of carbonyl (C=O) groups excluding carboxylic acids is 2. The van der Waals surface area contributed by atoms with E-state index in [1.54, 1.807) is 0 Å². The van der Waals surface area contributed by atoms with Crippen molar-refractivity contribution in [3.05, 3.63) is 0 Å². The Morgan fingerprint density at radius 3 is 2.78 bits per heavy atom. The summed E-state index contributed by atoms with van der Waals surface area (Å²) in [7, 11) is 4.36. The van der Waals surface area contributed by atoms with Crippen LogP contribution in [0.5, 0.6) is 0 Å². The number of hydrogen-bond acceptors (Lipinski definition) is 4. The smallest absolute Gasteiger partial charge is 0.310 e. The van der Waals surface area contributed by atoms with Crippen LogP contribution in [0.25, 0.3) is 0 Å². The number of esters is 2. The van der Waals surface area contributed by atoms with Gasteiger partial charge in [0.2, 0.25) is 0 Å². The molecule has 1 heterocycles. The second-order valence-electron chi connectivity index (χ2n) is 8.18. The standard InChI is InChI=1S/C18H30NO4/c1-4-5-6-7-19(2,3)8-9-22-17(20)15-12-10-13-14(11-12)23-18(21)16(13)15/h12-16H,4-11H2,1-3H3/q+1/t12-,13+,14-,15-,16+/m1/s1. The number of fused-ring (bicyclic) bond motifs is 1. The van der Waals surface area contributed by atoms with Gasteiger partial charge in [-0.15, -0.1) is 0 Å². The summed E-state index contributed by atoms with van der Waals surface area (Å²) in [6, 6.07) is 0. The highest BCUT2D eigenvalue weighted by molar-refractivity contribution is 5.85. The summed E-state index contributed by atoms with van der Waals surface area (Å²) >= 11 is 0. The molecule has 3 fully saturated rings. The van der Waals surface area contributed by atoms with Gasteiger partial charge in [0.15, 0.2) is 0 Å². The molecule has 0 aromatic carbocycles. The predicted octanol–water partition coefficient (Wildman–Crippen LogP) is 1.99. The average Bonchev–Trinajstić information content (AvgIpc) is 3.08. The monoisotopic (exact) mass is 324 g/mol. The number of hydrogen-bond donors (Lipinski definition) is 0. The number of nitrogens with zero attached hydrogens (tertiary/aromatic N) is 1. The first-order chi connectivity index (χ1) is 10.9. The van der Waals surface area contributed by atoms with Crippen molar-refractivity contribution in [3.63, 3.8) is 0 Å². The maximum absolute atomic E-state index is 12.5. The summed E-state index contributed by atoms with van der Waals surface area (Å²) in [5.74, 6) is -0.251. The number of likely N-dealkylation sites (N-methyl/N-ethyl adjacent to an activating group) is 1. The molecule has 1 aliphatic heterocycles. The van der Waals surface area contributed by atoms with Gasteiger partial charge in [-0.3, -0.25) is 9.59 Å². The van der Waals surface area contributed by atoms with Crippen molar-refractivity contribution in [2.24, 2.45) is 23.7 Å². The lowest BCUT2D eigenvalue weighted by Gasteiger charge is -2.30. The second kappa shape index (κ2) is 6.42. The first-order valence-electron chi connectivity index (χ1n) is 9.12. The summed E-state index contributed by atoms with van der Waals surface area (Å²) in [6.07, 6.45) is 5.56. The van der Waals surface area contributed by atoms with E-state index in [0.29, 0.717) is 12.5 Å². The molecule has 0 amide bonds. The number of ether oxygens (including phenoxy) is 2. The third-order valence-electron chi connectivity index (χ3n) is 6.06. The van der Waals surface area contributed by atoms with Crippen molar-refractivity contribution in [2.75, 3.05) is 33.8 Å². The fourth-order valence-electron chi connectivity index (χ4n) is 4.72. The van der Waals surface area contributed by atoms with Gasteiger partial charge in [0.1, 0.15) is 19.3 Å². The summed E-state index contributed by atoms with van der Waals surface area (Å²) in [4.78, 5) is 24.4. The SMILES string of the molecule is CCCCC[N+](C)(C)CCOC(=O)[C@@H]1[C@@H]2C[C@@H]3[C@@H]1C(=O)O[C@@H]3C2. The highest BCUT2D eigenvalue weighted by Gasteiger charge is 2.64. The van der Waals surface area contributed by atoms with Crippen LogP contribution in [0, 0.1) is 23.7 Å². The predicted molar refractivity (Wildman–Crippen MR) is 85.4 cm³/mol. The van der Waals surface area contributed by atoms with E-state index < -0.39 is 0 Å². The van der Waals surface area contributed by atoms with Gasteiger partial charge < -0.3 is 14.0 Å². The Hall–Kier alpha value is -1.10. The Labute approximate surface area is 138 Å². The molecule has 5 nitrogen and oxygen atoms in total. The summed E-state index contributed by atoms with van der Waals surface area (Å²) in [6.45, 7) is 4.58. The Morgan fingerprint density at radius 2 is 2.04 bits per heavy atom. The minimum atomic E-state index is -0.248. The van der Waals surface area contributed by atoms with Gasteiger partial charge in [0.05, 0.1) is 32.5 Å². The number of rotatable bonds is 8. The van der Waals surface area contributed by atoms with Crippen LogP contribution in [-0.4, -0.2) is 56.3 Å². The van der Waals surface area contributed by atoms with Crippen LogP contribution in [0.3, 0.4) is 0 Å². The Balaban J connectivity index is 1.46. The van der Waals surface area contributed by atoms with Gasteiger partial charge in [-0.05, 0) is 31.6 Å². The Morgan fingerprint density at radius 1 is 1.26 bits per heavy atom. The van der Waals surface area contributed by atoms with Gasteiger partial charge in [-0.1, -0.05) is 13.3 Å². The van der Waals surface area contributed by atoms with Crippen molar-refractivity contribution < 1.29 is 23.5 Å². The first-order valence-corrected chi connectivity index (χ1v) is 9.12. The molecular weight excluding hydrogens is 294 g/mol.